The Hall–Kier alpha value is -2.05. The molecule has 136 valence electrons. The average Bonchev–Trinajstić information content (AvgIpc) is 2.91. The van der Waals surface area contributed by atoms with Crippen molar-refractivity contribution in [3.63, 3.8) is 0 Å². The fourth-order valence-corrected chi connectivity index (χ4v) is 4.15. The maximum absolute atomic E-state index is 12.5. The second-order valence-electron chi connectivity index (χ2n) is 6.32. The van der Waals surface area contributed by atoms with Gasteiger partial charge in [-0.15, -0.1) is 0 Å². The van der Waals surface area contributed by atoms with Gasteiger partial charge in [0, 0.05) is 30.4 Å². The molecular formula is C19H18BrClN2O3. The third kappa shape index (κ3) is 3.71. The first-order chi connectivity index (χ1) is 12.4. The van der Waals surface area contributed by atoms with Crippen molar-refractivity contribution in [2.45, 2.75) is 12.5 Å². The molecule has 1 aliphatic heterocycles. The summed E-state index contributed by atoms with van der Waals surface area (Å²) in [6.45, 7) is 0.318. The molecule has 0 saturated carbocycles. The SMILES string of the molecule is CN1C(=O)C[C@H](CNC(=O)c2cc(Br)cc(Cl)c2O)[C@H]1c1ccccc1. The Bertz CT molecular complexity index is 844. The lowest BCUT2D eigenvalue weighted by Gasteiger charge is -2.25. The molecule has 0 bridgehead atoms. The zero-order chi connectivity index (χ0) is 18.8. The van der Waals surface area contributed by atoms with Gasteiger partial charge in [0.05, 0.1) is 16.6 Å². The molecule has 2 atom stereocenters. The van der Waals surface area contributed by atoms with E-state index in [-0.39, 0.29) is 34.2 Å². The van der Waals surface area contributed by atoms with E-state index in [0.29, 0.717) is 17.4 Å². The highest BCUT2D eigenvalue weighted by Crippen LogP contribution is 2.37. The van der Waals surface area contributed by atoms with E-state index in [4.69, 9.17) is 11.6 Å². The lowest BCUT2D eigenvalue weighted by Crippen LogP contribution is -2.32. The number of carbonyl (C=O) groups is 2. The number of aromatic hydroxyl groups is 1. The number of likely N-dealkylation sites (tertiary alicyclic amines) is 1. The Morgan fingerprint density at radius 3 is 2.73 bits per heavy atom. The van der Waals surface area contributed by atoms with Crippen LogP contribution in [0.25, 0.3) is 0 Å². The molecule has 0 aromatic heterocycles. The van der Waals surface area contributed by atoms with E-state index in [0.717, 1.165) is 5.56 Å². The summed E-state index contributed by atoms with van der Waals surface area (Å²) in [5, 5.41) is 12.9. The Kier molecular flexibility index (Phi) is 5.53. The standard InChI is InChI=1S/C19H18BrClN2O3/c1-23-16(24)7-12(17(23)11-5-3-2-4-6-11)10-22-19(26)14-8-13(20)9-15(21)18(14)25/h2-6,8-9,12,17,25H,7,10H2,1H3,(H,22,26)/t12-,17-/m1/s1. The second-order valence-corrected chi connectivity index (χ2v) is 7.64. The summed E-state index contributed by atoms with van der Waals surface area (Å²) >= 11 is 9.18. The lowest BCUT2D eigenvalue weighted by molar-refractivity contribution is -0.127. The van der Waals surface area contributed by atoms with Crippen molar-refractivity contribution in [3.05, 3.63) is 63.1 Å². The predicted octanol–water partition coefficient (Wildman–Crippen LogP) is 3.76. The van der Waals surface area contributed by atoms with Crippen LogP contribution in [0.5, 0.6) is 5.75 Å². The monoisotopic (exact) mass is 436 g/mol. The van der Waals surface area contributed by atoms with Crippen LogP contribution >= 0.6 is 27.5 Å². The summed E-state index contributed by atoms with van der Waals surface area (Å²) in [6.07, 6.45) is 0.363. The van der Waals surface area contributed by atoms with Gasteiger partial charge in [0.25, 0.3) is 5.91 Å². The van der Waals surface area contributed by atoms with Gasteiger partial charge in [0.2, 0.25) is 5.91 Å². The number of halogens is 2. The van der Waals surface area contributed by atoms with Crippen LogP contribution in [0, 0.1) is 5.92 Å². The van der Waals surface area contributed by atoms with E-state index in [1.165, 1.54) is 12.1 Å². The van der Waals surface area contributed by atoms with Gasteiger partial charge in [-0.05, 0) is 17.7 Å². The minimum absolute atomic E-state index is 0.0476. The number of phenolic OH excluding ortho intramolecular Hbond substituents is 1. The number of nitrogens with zero attached hydrogens (tertiary/aromatic N) is 1. The molecule has 3 rings (SSSR count). The van der Waals surface area contributed by atoms with Crippen molar-refractivity contribution in [2.75, 3.05) is 13.6 Å². The second kappa shape index (κ2) is 7.68. The Morgan fingerprint density at radius 1 is 1.35 bits per heavy atom. The fraction of sp³-hybridized carbons (Fsp3) is 0.263. The van der Waals surface area contributed by atoms with E-state index in [2.05, 4.69) is 21.2 Å². The first-order valence-electron chi connectivity index (χ1n) is 8.15. The van der Waals surface area contributed by atoms with Gasteiger partial charge in [-0.25, -0.2) is 0 Å². The van der Waals surface area contributed by atoms with Gasteiger partial charge >= 0.3 is 0 Å². The van der Waals surface area contributed by atoms with Crippen molar-refractivity contribution in [1.29, 1.82) is 0 Å². The molecule has 2 amide bonds. The number of rotatable bonds is 4. The summed E-state index contributed by atoms with van der Waals surface area (Å²) in [6, 6.07) is 12.7. The van der Waals surface area contributed by atoms with Crippen molar-refractivity contribution in [1.82, 2.24) is 10.2 Å². The highest BCUT2D eigenvalue weighted by molar-refractivity contribution is 9.10. The first-order valence-corrected chi connectivity index (χ1v) is 9.32. The van der Waals surface area contributed by atoms with Crippen LogP contribution in [0.1, 0.15) is 28.4 Å². The molecule has 1 fully saturated rings. The van der Waals surface area contributed by atoms with E-state index >= 15 is 0 Å². The molecule has 2 aromatic carbocycles. The van der Waals surface area contributed by atoms with Gasteiger partial charge in [0.1, 0.15) is 5.75 Å². The zero-order valence-corrected chi connectivity index (χ0v) is 16.4. The number of hydrogen-bond donors (Lipinski definition) is 2. The Balaban J connectivity index is 1.76. The molecule has 0 aliphatic carbocycles. The minimum atomic E-state index is -0.431. The van der Waals surface area contributed by atoms with Crippen molar-refractivity contribution >= 4 is 39.3 Å². The number of amides is 2. The molecule has 7 heteroatoms. The van der Waals surface area contributed by atoms with Crippen LogP contribution in [0.15, 0.2) is 46.9 Å². The highest BCUT2D eigenvalue weighted by atomic mass is 79.9. The molecule has 1 aliphatic rings. The van der Waals surface area contributed by atoms with Crippen LogP contribution in [0.2, 0.25) is 5.02 Å². The zero-order valence-electron chi connectivity index (χ0n) is 14.1. The number of benzene rings is 2. The van der Waals surface area contributed by atoms with Crippen LogP contribution in [0.4, 0.5) is 0 Å². The smallest absolute Gasteiger partial charge is 0.255 e. The van der Waals surface area contributed by atoms with Gasteiger partial charge in [0.15, 0.2) is 0 Å². The third-order valence-electron chi connectivity index (χ3n) is 4.63. The molecule has 0 spiro atoms. The van der Waals surface area contributed by atoms with E-state index < -0.39 is 5.91 Å². The minimum Gasteiger partial charge on any atom is -0.506 e. The molecule has 1 heterocycles. The molecule has 2 N–H and O–H groups in total. The Labute approximate surface area is 165 Å². The summed E-state index contributed by atoms with van der Waals surface area (Å²) < 4.78 is 0.600. The maximum atomic E-state index is 12.5. The molecule has 0 unspecified atom stereocenters. The number of phenols is 1. The van der Waals surface area contributed by atoms with Crippen LogP contribution in [-0.4, -0.2) is 35.4 Å². The number of nitrogens with one attached hydrogen (secondary N) is 1. The normalized spacial score (nSPS) is 19.7. The van der Waals surface area contributed by atoms with Gasteiger partial charge in [-0.2, -0.15) is 0 Å². The van der Waals surface area contributed by atoms with Crippen molar-refractivity contribution < 1.29 is 14.7 Å². The fourth-order valence-electron chi connectivity index (χ4n) is 3.34. The maximum Gasteiger partial charge on any atom is 0.255 e. The molecule has 26 heavy (non-hydrogen) atoms. The van der Waals surface area contributed by atoms with Crippen LogP contribution in [0.3, 0.4) is 0 Å². The van der Waals surface area contributed by atoms with E-state index in [9.17, 15) is 14.7 Å². The highest BCUT2D eigenvalue weighted by Gasteiger charge is 2.38. The molecule has 0 radical (unpaired) electrons. The molecule has 2 aromatic rings. The van der Waals surface area contributed by atoms with Gasteiger partial charge in [-0.3, -0.25) is 9.59 Å². The summed E-state index contributed by atoms with van der Waals surface area (Å²) in [4.78, 5) is 26.4. The molecule has 5 nitrogen and oxygen atoms in total. The summed E-state index contributed by atoms with van der Waals surface area (Å²) in [5.74, 6) is -0.693. The summed E-state index contributed by atoms with van der Waals surface area (Å²) in [7, 11) is 1.78. The van der Waals surface area contributed by atoms with E-state index in [1.807, 2.05) is 30.3 Å². The number of carbonyl (C=O) groups excluding carboxylic acids is 2. The van der Waals surface area contributed by atoms with E-state index in [1.54, 1.807) is 11.9 Å². The topological polar surface area (TPSA) is 69.6 Å². The van der Waals surface area contributed by atoms with Crippen LogP contribution in [-0.2, 0) is 4.79 Å². The lowest BCUT2D eigenvalue weighted by atomic mass is 9.93. The number of hydrogen-bond acceptors (Lipinski definition) is 3. The summed E-state index contributed by atoms with van der Waals surface area (Å²) in [5.41, 5.74) is 1.13. The quantitative estimate of drug-likeness (QED) is 0.765. The van der Waals surface area contributed by atoms with Crippen LogP contribution < -0.4 is 5.32 Å². The largest absolute Gasteiger partial charge is 0.506 e. The molecular weight excluding hydrogens is 420 g/mol. The Morgan fingerprint density at radius 2 is 2.04 bits per heavy atom. The molecule has 1 saturated heterocycles. The predicted molar refractivity (Wildman–Crippen MR) is 103 cm³/mol. The van der Waals surface area contributed by atoms with Crippen molar-refractivity contribution in [2.24, 2.45) is 5.92 Å². The van der Waals surface area contributed by atoms with Crippen molar-refractivity contribution in [3.8, 4) is 5.75 Å². The van der Waals surface area contributed by atoms with Gasteiger partial charge < -0.3 is 15.3 Å². The first kappa shape index (κ1) is 18.7. The average molecular weight is 438 g/mol. The van der Waals surface area contributed by atoms with Gasteiger partial charge in [-0.1, -0.05) is 57.9 Å². The third-order valence-corrected chi connectivity index (χ3v) is 5.38.